The van der Waals surface area contributed by atoms with Crippen LogP contribution < -0.4 is 10.0 Å². The predicted molar refractivity (Wildman–Crippen MR) is 99.4 cm³/mol. The monoisotopic (exact) mass is 408 g/mol. The first kappa shape index (κ1) is 19.8. The molecule has 0 aliphatic heterocycles. The molecule has 0 spiro atoms. The second-order valence-electron chi connectivity index (χ2n) is 5.97. The highest BCUT2D eigenvalue weighted by Crippen LogP contribution is 2.11. The molecule has 0 amide bonds. The number of hydrogen-bond acceptors (Lipinski definition) is 6. The van der Waals surface area contributed by atoms with Gasteiger partial charge in [-0.05, 0) is 30.7 Å². The molecule has 0 unspecified atom stereocenters. The topological polar surface area (TPSA) is 102 Å². The van der Waals surface area contributed by atoms with Crippen LogP contribution >= 0.6 is 0 Å². The van der Waals surface area contributed by atoms with Gasteiger partial charge in [-0.2, -0.15) is 5.10 Å². The molecule has 1 aromatic carbocycles. The Kier molecular flexibility index (Phi) is 5.95. The molecule has 2 heterocycles. The maximum Gasteiger partial charge on any atom is 0.215 e. The molecular formula is C17H18F2N6O2S. The minimum Gasteiger partial charge on any atom is -0.369 e. The number of aryl methyl sites for hydroxylation is 1. The quantitative estimate of drug-likeness (QED) is 0.551. The molecule has 28 heavy (non-hydrogen) atoms. The fourth-order valence-corrected chi connectivity index (χ4v) is 3.65. The molecule has 0 aliphatic carbocycles. The summed E-state index contributed by atoms with van der Waals surface area (Å²) in [4.78, 5) is 8.52. The summed E-state index contributed by atoms with van der Waals surface area (Å²) in [5.41, 5.74) is 0.0354. The Morgan fingerprint density at radius 3 is 2.50 bits per heavy atom. The van der Waals surface area contributed by atoms with Crippen molar-refractivity contribution in [2.45, 2.75) is 12.7 Å². The van der Waals surface area contributed by atoms with Crippen molar-refractivity contribution in [3.8, 4) is 5.82 Å². The minimum absolute atomic E-state index is 0.0354. The second-order valence-corrected chi connectivity index (χ2v) is 7.77. The van der Waals surface area contributed by atoms with Crippen molar-refractivity contribution in [2.75, 3.05) is 18.4 Å². The Labute approximate surface area is 160 Å². The zero-order valence-electron chi connectivity index (χ0n) is 14.9. The molecule has 0 atom stereocenters. The molecule has 148 valence electrons. The summed E-state index contributed by atoms with van der Waals surface area (Å²) in [6.45, 7) is 2.06. The summed E-state index contributed by atoms with van der Waals surface area (Å²) in [5, 5.41) is 7.11. The van der Waals surface area contributed by atoms with Crippen molar-refractivity contribution < 1.29 is 17.2 Å². The van der Waals surface area contributed by atoms with Gasteiger partial charge in [0.2, 0.25) is 10.0 Å². The first-order valence-electron chi connectivity index (χ1n) is 8.33. The highest BCUT2D eigenvalue weighted by atomic mass is 32.2. The molecule has 0 aliphatic rings. The van der Waals surface area contributed by atoms with Crippen LogP contribution in [-0.4, -0.2) is 41.3 Å². The van der Waals surface area contributed by atoms with Crippen molar-refractivity contribution in [1.29, 1.82) is 0 Å². The number of hydrogen-bond donors (Lipinski definition) is 2. The summed E-state index contributed by atoms with van der Waals surface area (Å²) >= 11 is 0. The third-order valence-electron chi connectivity index (χ3n) is 3.60. The number of anilines is 1. The van der Waals surface area contributed by atoms with Crippen molar-refractivity contribution in [3.05, 3.63) is 65.7 Å². The van der Waals surface area contributed by atoms with E-state index in [1.165, 1.54) is 0 Å². The normalized spacial score (nSPS) is 11.5. The highest BCUT2D eigenvalue weighted by Gasteiger charge is 2.13. The first-order chi connectivity index (χ1) is 13.3. The van der Waals surface area contributed by atoms with Gasteiger partial charge in [0.1, 0.15) is 23.3 Å². The molecule has 3 rings (SSSR count). The van der Waals surface area contributed by atoms with E-state index >= 15 is 0 Å². The lowest BCUT2D eigenvalue weighted by molar-refractivity contribution is 0.575. The minimum atomic E-state index is -3.74. The van der Waals surface area contributed by atoms with Crippen molar-refractivity contribution in [2.24, 2.45) is 0 Å². The lowest BCUT2D eigenvalue weighted by atomic mass is 10.2. The molecule has 0 radical (unpaired) electrons. The first-order valence-corrected chi connectivity index (χ1v) is 9.98. The number of halogens is 2. The largest absolute Gasteiger partial charge is 0.369 e. The maximum atomic E-state index is 13.2. The third-order valence-corrected chi connectivity index (χ3v) is 4.95. The van der Waals surface area contributed by atoms with Crippen LogP contribution in [0.3, 0.4) is 0 Å². The van der Waals surface area contributed by atoms with Gasteiger partial charge in [-0.3, -0.25) is 0 Å². The van der Waals surface area contributed by atoms with Gasteiger partial charge in [-0.15, -0.1) is 0 Å². The van der Waals surface area contributed by atoms with Crippen LogP contribution in [0.15, 0.2) is 42.7 Å². The Hall–Kier alpha value is -2.92. The molecule has 0 bridgehead atoms. The highest BCUT2D eigenvalue weighted by molar-refractivity contribution is 7.88. The van der Waals surface area contributed by atoms with Crippen LogP contribution in [0.2, 0.25) is 0 Å². The number of sulfonamides is 1. The van der Waals surface area contributed by atoms with E-state index in [0.717, 1.165) is 12.1 Å². The van der Waals surface area contributed by atoms with Crippen LogP contribution in [0, 0.1) is 18.6 Å². The third kappa shape index (κ3) is 5.54. The van der Waals surface area contributed by atoms with Crippen LogP contribution in [-0.2, 0) is 15.8 Å². The Morgan fingerprint density at radius 2 is 1.82 bits per heavy atom. The summed E-state index contributed by atoms with van der Waals surface area (Å²) in [6.07, 6.45) is 3.37. The fraction of sp³-hybridized carbons (Fsp3) is 0.235. The summed E-state index contributed by atoms with van der Waals surface area (Å²) < 4.78 is 54.5. The average Bonchev–Trinajstić information content (AvgIpc) is 3.11. The van der Waals surface area contributed by atoms with Gasteiger partial charge in [-0.25, -0.2) is 36.6 Å². The summed E-state index contributed by atoms with van der Waals surface area (Å²) in [7, 11) is -3.74. The van der Waals surface area contributed by atoms with E-state index < -0.39 is 27.4 Å². The molecule has 2 N–H and O–H groups in total. The smallest absolute Gasteiger partial charge is 0.215 e. The standard InChI is InChI=1S/C17H18F2N6O2S/c1-12-23-16(10-17(24-12)25-6-2-3-21-25)20-4-5-22-28(26,27)11-13-7-14(18)9-15(19)8-13/h2-3,6-10,22H,4-5,11H2,1H3,(H,20,23,24). The summed E-state index contributed by atoms with van der Waals surface area (Å²) in [5.74, 6) is -0.530. The van der Waals surface area contributed by atoms with E-state index in [9.17, 15) is 17.2 Å². The Morgan fingerprint density at radius 1 is 1.07 bits per heavy atom. The number of rotatable bonds is 8. The molecule has 8 nitrogen and oxygen atoms in total. The number of nitrogens with one attached hydrogen (secondary N) is 2. The van der Waals surface area contributed by atoms with Gasteiger partial charge >= 0.3 is 0 Å². The van der Waals surface area contributed by atoms with Gasteiger partial charge in [0.25, 0.3) is 0 Å². The molecular weight excluding hydrogens is 390 g/mol. The van der Waals surface area contributed by atoms with Crippen LogP contribution in [0.1, 0.15) is 11.4 Å². The molecule has 0 saturated heterocycles. The number of aromatic nitrogens is 4. The van der Waals surface area contributed by atoms with Crippen LogP contribution in [0.4, 0.5) is 14.6 Å². The predicted octanol–water partition coefficient (Wildman–Crippen LogP) is 1.78. The Bertz CT molecular complexity index is 1040. The van der Waals surface area contributed by atoms with E-state index in [1.54, 1.807) is 36.1 Å². The lowest BCUT2D eigenvalue weighted by Crippen LogP contribution is -2.30. The Balaban J connectivity index is 1.55. The van der Waals surface area contributed by atoms with Crippen molar-refractivity contribution in [1.82, 2.24) is 24.5 Å². The number of nitrogens with zero attached hydrogens (tertiary/aromatic N) is 4. The second kappa shape index (κ2) is 8.40. The lowest BCUT2D eigenvalue weighted by Gasteiger charge is -2.10. The zero-order valence-corrected chi connectivity index (χ0v) is 15.7. The molecule has 0 fully saturated rings. The molecule has 3 aromatic rings. The van der Waals surface area contributed by atoms with Gasteiger partial charge in [0.15, 0.2) is 5.82 Å². The van der Waals surface area contributed by atoms with E-state index in [1.807, 2.05) is 0 Å². The van der Waals surface area contributed by atoms with Gasteiger partial charge in [0.05, 0.1) is 5.75 Å². The maximum absolute atomic E-state index is 13.2. The number of benzene rings is 1. The van der Waals surface area contributed by atoms with E-state index in [0.29, 0.717) is 23.5 Å². The van der Waals surface area contributed by atoms with Crippen LogP contribution in [0.25, 0.3) is 5.82 Å². The van der Waals surface area contributed by atoms with E-state index in [2.05, 4.69) is 25.1 Å². The fourth-order valence-electron chi connectivity index (χ4n) is 2.53. The van der Waals surface area contributed by atoms with Crippen molar-refractivity contribution in [3.63, 3.8) is 0 Å². The van der Waals surface area contributed by atoms with E-state index in [-0.39, 0.29) is 18.7 Å². The molecule has 2 aromatic heterocycles. The van der Waals surface area contributed by atoms with E-state index in [4.69, 9.17) is 0 Å². The summed E-state index contributed by atoms with van der Waals surface area (Å²) in [6, 6.07) is 6.12. The van der Waals surface area contributed by atoms with Gasteiger partial charge in [0, 0.05) is 37.6 Å². The zero-order chi connectivity index (χ0) is 20.1. The van der Waals surface area contributed by atoms with Crippen LogP contribution in [0.5, 0.6) is 0 Å². The van der Waals surface area contributed by atoms with Gasteiger partial charge < -0.3 is 5.32 Å². The SMILES string of the molecule is Cc1nc(NCCNS(=O)(=O)Cc2cc(F)cc(F)c2)cc(-n2cccn2)n1. The van der Waals surface area contributed by atoms with Crippen molar-refractivity contribution >= 4 is 15.8 Å². The van der Waals surface area contributed by atoms with Gasteiger partial charge in [-0.1, -0.05) is 0 Å². The molecule has 0 saturated carbocycles. The molecule has 11 heteroatoms. The average molecular weight is 408 g/mol.